The lowest BCUT2D eigenvalue weighted by atomic mass is 10.2. The molecular formula is C7H4BrF3O. The van der Waals surface area contributed by atoms with Gasteiger partial charge in [-0.05, 0) is 12.1 Å². The molecule has 0 amide bonds. The highest BCUT2D eigenvalue weighted by molar-refractivity contribution is 9.10. The van der Waals surface area contributed by atoms with Crippen LogP contribution in [0.1, 0.15) is 12.0 Å². The van der Waals surface area contributed by atoms with Crippen molar-refractivity contribution in [3.63, 3.8) is 0 Å². The third-order valence-electron chi connectivity index (χ3n) is 1.30. The van der Waals surface area contributed by atoms with Crippen LogP contribution < -0.4 is 0 Å². The summed E-state index contributed by atoms with van der Waals surface area (Å²) in [5.74, 6) is -1.69. The number of rotatable bonds is 1. The van der Waals surface area contributed by atoms with E-state index in [4.69, 9.17) is 5.11 Å². The van der Waals surface area contributed by atoms with Crippen LogP contribution in [0.25, 0.3) is 0 Å². The smallest absolute Gasteiger partial charge is 0.265 e. The number of hydrogen-bond acceptors (Lipinski definition) is 1. The standard InChI is InChI=1S/C7H4BrF3O/c8-4-2-6(12)5(9)1-3(4)7(10)11/h1-2,7,12H. The van der Waals surface area contributed by atoms with Crippen molar-refractivity contribution in [1.29, 1.82) is 0 Å². The van der Waals surface area contributed by atoms with E-state index in [2.05, 4.69) is 15.9 Å². The van der Waals surface area contributed by atoms with Crippen LogP contribution in [0, 0.1) is 5.82 Å². The molecule has 0 aliphatic rings. The van der Waals surface area contributed by atoms with Gasteiger partial charge in [0.1, 0.15) is 0 Å². The lowest BCUT2D eigenvalue weighted by molar-refractivity contribution is 0.150. The van der Waals surface area contributed by atoms with Crippen LogP contribution in [0.5, 0.6) is 5.75 Å². The van der Waals surface area contributed by atoms with Gasteiger partial charge in [0, 0.05) is 10.0 Å². The van der Waals surface area contributed by atoms with Gasteiger partial charge in [0.2, 0.25) is 0 Å². The molecule has 1 N–H and O–H groups in total. The lowest BCUT2D eigenvalue weighted by Gasteiger charge is -2.03. The summed E-state index contributed by atoms with van der Waals surface area (Å²) in [7, 11) is 0. The maximum Gasteiger partial charge on any atom is 0.265 e. The third-order valence-corrected chi connectivity index (χ3v) is 1.99. The van der Waals surface area contributed by atoms with Gasteiger partial charge in [0.25, 0.3) is 6.43 Å². The van der Waals surface area contributed by atoms with Gasteiger partial charge in [-0.25, -0.2) is 13.2 Å². The minimum Gasteiger partial charge on any atom is -0.505 e. The molecule has 0 bridgehead atoms. The van der Waals surface area contributed by atoms with Crippen molar-refractivity contribution in [2.24, 2.45) is 0 Å². The number of halogens is 4. The summed E-state index contributed by atoms with van der Waals surface area (Å²) in [4.78, 5) is 0. The molecule has 0 saturated carbocycles. The number of alkyl halides is 2. The molecule has 1 rings (SSSR count). The van der Waals surface area contributed by atoms with Crippen LogP contribution in [-0.4, -0.2) is 5.11 Å². The molecule has 0 aromatic heterocycles. The Morgan fingerprint density at radius 2 is 1.92 bits per heavy atom. The molecule has 0 aliphatic heterocycles. The van der Waals surface area contributed by atoms with Crippen LogP contribution in [0.2, 0.25) is 0 Å². The van der Waals surface area contributed by atoms with Crippen molar-refractivity contribution >= 4 is 15.9 Å². The van der Waals surface area contributed by atoms with E-state index in [0.717, 1.165) is 6.07 Å². The van der Waals surface area contributed by atoms with E-state index < -0.39 is 23.6 Å². The molecule has 0 heterocycles. The molecule has 1 aromatic rings. The highest BCUT2D eigenvalue weighted by Gasteiger charge is 2.14. The van der Waals surface area contributed by atoms with Crippen molar-refractivity contribution in [2.75, 3.05) is 0 Å². The van der Waals surface area contributed by atoms with Crippen molar-refractivity contribution in [3.8, 4) is 5.75 Å². The first-order valence-electron chi connectivity index (χ1n) is 2.98. The molecule has 0 unspecified atom stereocenters. The number of phenols is 1. The zero-order valence-corrected chi connectivity index (χ0v) is 7.28. The fourth-order valence-corrected chi connectivity index (χ4v) is 1.22. The van der Waals surface area contributed by atoms with Gasteiger partial charge in [-0.2, -0.15) is 0 Å². The maximum absolute atomic E-state index is 12.5. The molecule has 0 spiro atoms. The Morgan fingerprint density at radius 3 is 2.42 bits per heavy atom. The summed E-state index contributed by atoms with van der Waals surface area (Å²) in [5.41, 5.74) is -0.467. The topological polar surface area (TPSA) is 20.2 Å². The van der Waals surface area contributed by atoms with Crippen molar-refractivity contribution < 1.29 is 18.3 Å². The Labute approximate surface area is 75.0 Å². The molecule has 0 aliphatic carbocycles. The molecular weight excluding hydrogens is 237 g/mol. The SMILES string of the molecule is Oc1cc(Br)c(C(F)F)cc1F. The third kappa shape index (κ3) is 1.72. The first-order chi connectivity index (χ1) is 5.52. The Morgan fingerprint density at radius 1 is 1.33 bits per heavy atom. The zero-order valence-electron chi connectivity index (χ0n) is 5.69. The molecule has 0 fully saturated rings. The minimum absolute atomic E-state index is 0.00333. The van der Waals surface area contributed by atoms with Crippen LogP contribution in [0.4, 0.5) is 13.2 Å². The molecule has 66 valence electrons. The fourth-order valence-electron chi connectivity index (χ4n) is 0.719. The van der Waals surface area contributed by atoms with E-state index in [1.165, 1.54) is 0 Å². The van der Waals surface area contributed by atoms with Gasteiger partial charge in [-0.1, -0.05) is 15.9 Å². The number of hydrogen-bond donors (Lipinski definition) is 1. The van der Waals surface area contributed by atoms with Crippen LogP contribution >= 0.6 is 15.9 Å². The summed E-state index contributed by atoms with van der Waals surface area (Å²) in [5, 5.41) is 8.76. The summed E-state index contributed by atoms with van der Waals surface area (Å²) < 4.78 is 36.6. The second-order valence-electron chi connectivity index (χ2n) is 2.13. The second kappa shape index (κ2) is 3.35. The van der Waals surface area contributed by atoms with Gasteiger partial charge < -0.3 is 5.11 Å². The second-order valence-corrected chi connectivity index (χ2v) is 2.98. The number of aromatic hydroxyl groups is 1. The highest BCUT2D eigenvalue weighted by Crippen LogP contribution is 2.31. The average molecular weight is 241 g/mol. The molecule has 0 radical (unpaired) electrons. The predicted molar refractivity (Wildman–Crippen MR) is 40.7 cm³/mol. The fraction of sp³-hybridized carbons (Fsp3) is 0.143. The molecule has 5 heteroatoms. The van der Waals surface area contributed by atoms with E-state index >= 15 is 0 Å². The first-order valence-corrected chi connectivity index (χ1v) is 3.77. The van der Waals surface area contributed by atoms with Crippen molar-refractivity contribution in [1.82, 2.24) is 0 Å². The molecule has 0 saturated heterocycles. The van der Waals surface area contributed by atoms with Crippen LogP contribution in [0.15, 0.2) is 16.6 Å². The van der Waals surface area contributed by atoms with Gasteiger partial charge >= 0.3 is 0 Å². The normalized spacial score (nSPS) is 10.8. The van der Waals surface area contributed by atoms with Crippen molar-refractivity contribution in [2.45, 2.75) is 6.43 Å². The number of phenolic OH excluding ortho intramolecular Hbond substituents is 1. The molecule has 0 atom stereocenters. The van der Waals surface area contributed by atoms with Gasteiger partial charge in [0.15, 0.2) is 11.6 Å². The Balaban J connectivity index is 3.23. The van der Waals surface area contributed by atoms with E-state index in [1.807, 2.05) is 0 Å². The largest absolute Gasteiger partial charge is 0.505 e. The quantitative estimate of drug-likeness (QED) is 0.800. The average Bonchev–Trinajstić information content (AvgIpc) is 1.96. The Kier molecular flexibility index (Phi) is 2.62. The van der Waals surface area contributed by atoms with E-state index in [-0.39, 0.29) is 4.47 Å². The van der Waals surface area contributed by atoms with Gasteiger partial charge in [-0.3, -0.25) is 0 Å². The summed E-state index contributed by atoms with van der Waals surface area (Å²) in [6.07, 6.45) is -2.76. The van der Waals surface area contributed by atoms with Gasteiger partial charge in [-0.15, -0.1) is 0 Å². The zero-order chi connectivity index (χ0) is 9.30. The Hall–Kier alpha value is -0.710. The summed E-state index contributed by atoms with van der Waals surface area (Å²) >= 11 is 2.78. The Bertz CT molecular complexity index is 301. The maximum atomic E-state index is 12.5. The summed E-state index contributed by atoms with van der Waals surface area (Å²) in [6, 6.07) is 1.50. The monoisotopic (exact) mass is 240 g/mol. The number of benzene rings is 1. The van der Waals surface area contributed by atoms with E-state index in [1.54, 1.807) is 0 Å². The van der Waals surface area contributed by atoms with Crippen LogP contribution in [-0.2, 0) is 0 Å². The molecule has 1 nitrogen and oxygen atoms in total. The highest BCUT2D eigenvalue weighted by atomic mass is 79.9. The van der Waals surface area contributed by atoms with E-state index in [0.29, 0.717) is 6.07 Å². The molecule has 12 heavy (non-hydrogen) atoms. The van der Waals surface area contributed by atoms with E-state index in [9.17, 15) is 13.2 Å². The summed E-state index contributed by atoms with van der Waals surface area (Å²) in [6.45, 7) is 0. The van der Waals surface area contributed by atoms with Gasteiger partial charge in [0.05, 0.1) is 0 Å². The minimum atomic E-state index is -2.76. The van der Waals surface area contributed by atoms with Crippen LogP contribution in [0.3, 0.4) is 0 Å². The first kappa shape index (κ1) is 9.38. The molecule has 1 aromatic carbocycles. The lowest BCUT2D eigenvalue weighted by Crippen LogP contribution is -1.88. The predicted octanol–water partition coefficient (Wildman–Crippen LogP) is 3.23. The van der Waals surface area contributed by atoms with Crippen molar-refractivity contribution in [3.05, 3.63) is 28.0 Å².